The van der Waals surface area contributed by atoms with E-state index in [-0.39, 0.29) is 56.8 Å². The molecule has 0 saturated carbocycles. The Labute approximate surface area is 228 Å². The molecule has 13 heteroatoms. The van der Waals surface area contributed by atoms with Crippen molar-refractivity contribution in [2.24, 2.45) is 11.8 Å². The van der Waals surface area contributed by atoms with Gasteiger partial charge in [-0.1, -0.05) is 12.1 Å². The number of ether oxygens (including phenoxy) is 1. The zero-order valence-electron chi connectivity index (χ0n) is 22.4. The molecule has 5 atom stereocenters. The highest BCUT2D eigenvalue weighted by Gasteiger charge is 2.61. The van der Waals surface area contributed by atoms with Crippen molar-refractivity contribution in [3.63, 3.8) is 0 Å². The molecule has 1 aromatic carbocycles. The second-order valence-electron chi connectivity index (χ2n) is 10.8. The van der Waals surface area contributed by atoms with Gasteiger partial charge in [-0.25, -0.2) is 4.39 Å². The van der Waals surface area contributed by atoms with Gasteiger partial charge in [0.1, 0.15) is 17.9 Å². The van der Waals surface area contributed by atoms with Crippen molar-refractivity contribution in [1.82, 2.24) is 14.7 Å². The quantitative estimate of drug-likeness (QED) is 0.464. The van der Waals surface area contributed by atoms with Gasteiger partial charge in [-0.3, -0.25) is 14.5 Å². The fraction of sp³-hybridized carbons (Fsp3) is 0.704. The Hall–Kier alpha value is -2.41. The SMILES string of the molecule is COCCN1C[C@@H](C(=O)N2CCC[C@@H]2C(F)(F)F)C(c2cccc(F)c2C)[C@@H](C(=O)N2CCCC2)[C@@H]1C(F)(F)F. The molecule has 0 aromatic heterocycles. The van der Waals surface area contributed by atoms with E-state index in [0.717, 1.165) is 11.0 Å². The maximum Gasteiger partial charge on any atom is 0.408 e. The van der Waals surface area contributed by atoms with Gasteiger partial charge < -0.3 is 14.5 Å². The Kier molecular flexibility index (Phi) is 9.03. The number of benzene rings is 1. The van der Waals surface area contributed by atoms with E-state index in [1.54, 1.807) is 0 Å². The molecule has 2 amide bonds. The lowest BCUT2D eigenvalue weighted by molar-refractivity contribution is -0.219. The van der Waals surface area contributed by atoms with Gasteiger partial charge in [-0.15, -0.1) is 0 Å². The zero-order chi connectivity index (χ0) is 29.4. The minimum atomic E-state index is -4.93. The summed E-state index contributed by atoms with van der Waals surface area (Å²) in [7, 11) is 1.29. The molecule has 0 radical (unpaired) electrons. The summed E-state index contributed by atoms with van der Waals surface area (Å²) in [5.74, 6) is -7.36. The van der Waals surface area contributed by atoms with Crippen LogP contribution in [0.15, 0.2) is 18.2 Å². The first-order valence-corrected chi connectivity index (χ1v) is 13.5. The molecule has 0 N–H and O–H groups in total. The van der Waals surface area contributed by atoms with Crippen LogP contribution in [0.4, 0.5) is 30.7 Å². The Morgan fingerprint density at radius 3 is 2.25 bits per heavy atom. The van der Waals surface area contributed by atoms with Gasteiger partial charge in [-0.2, -0.15) is 26.3 Å². The first kappa shape index (κ1) is 30.5. The number of halogens is 7. The van der Waals surface area contributed by atoms with Crippen LogP contribution in [0.2, 0.25) is 0 Å². The van der Waals surface area contributed by atoms with E-state index < -0.39 is 66.4 Å². The molecule has 3 aliphatic rings. The van der Waals surface area contributed by atoms with Crippen molar-refractivity contribution in [2.45, 2.75) is 63.0 Å². The molecule has 1 unspecified atom stereocenters. The second-order valence-corrected chi connectivity index (χ2v) is 10.8. The molecule has 3 aliphatic heterocycles. The van der Waals surface area contributed by atoms with E-state index in [2.05, 4.69) is 0 Å². The van der Waals surface area contributed by atoms with E-state index in [0.29, 0.717) is 17.7 Å². The number of hydrogen-bond donors (Lipinski definition) is 0. The second kappa shape index (κ2) is 11.8. The van der Waals surface area contributed by atoms with Gasteiger partial charge in [-0.05, 0) is 49.8 Å². The number of carbonyl (C=O) groups is 2. The van der Waals surface area contributed by atoms with Crippen molar-refractivity contribution in [2.75, 3.05) is 46.4 Å². The molecule has 6 nitrogen and oxygen atoms in total. The fourth-order valence-electron chi connectivity index (χ4n) is 6.65. The van der Waals surface area contributed by atoms with Crippen LogP contribution >= 0.6 is 0 Å². The predicted octanol–water partition coefficient (Wildman–Crippen LogP) is 4.52. The molecule has 0 spiro atoms. The van der Waals surface area contributed by atoms with Crippen molar-refractivity contribution < 1.29 is 45.1 Å². The maximum absolute atomic E-state index is 14.9. The number of carbonyl (C=O) groups excluding carboxylic acids is 2. The minimum Gasteiger partial charge on any atom is -0.383 e. The van der Waals surface area contributed by atoms with Crippen LogP contribution in [-0.2, 0) is 14.3 Å². The Balaban J connectivity index is 1.90. The lowest BCUT2D eigenvalue weighted by Gasteiger charge is -2.50. The van der Waals surface area contributed by atoms with Crippen molar-refractivity contribution in [3.05, 3.63) is 35.1 Å². The summed E-state index contributed by atoms with van der Waals surface area (Å²) < 4.78 is 106. The van der Waals surface area contributed by atoms with E-state index in [1.165, 1.54) is 31.1 Å². The molecule has 3 saturated heterocycles. The lowest BCUT2D eigenvalue weighted by Crippen LogP contribution is -2.65. The number of methoxy groups -OCH3 is 1. The molecule has 3 heterocycles. The number of piperidine rings is 1. The van der Waals surface area contributed by atoms with Gasteiger partial charge in [0.05, 0.1) is 18.4 Å². The first-order valence-electron chi connectivity index (χ1n) is 13.5. The Morgan fingerprint density at radius 2 is 1.65 bits per heavy atom. The van der Waals surface area contributed by atoms with Crippen LogP contribution in [0.5, 0.6) is 0 Å². The van der Waals surface area contributed by atoms with Crippen LogP contribution in [0.25, 0.3) is 0 Å². The summed E-state index contributed by atoms with van der Waals surface area (Å²) in [6, 6.07) is -0.650. The van der Waals surface area contributed by atoms with Gasteiger partial charge >= 0.3 is 12.4 Å². The van der Waals surface area contributed by atoms with E-state index >= 15 is 0 Å². The third kappa shape index (κ3) is 5.95. The monoisotopic (exact) mass is 581 g/mol. The van der Waals surface area contributed by atoms with E-state index in [9.17, 15) is 40.3 Å². The lowest BCUT2D eigenvalue weighted by atomic mass is 9.67. The zero-order valence-corrected chi connectivity index (χ0v) is 22.4. The highest BCUT2D eigenvalue weighted by atomic mass is 19.4. The largest absolute Gasteiger partial charge is 0.408 e. The number of nitrogens with zero attached hydrogens (tertiary/aromatic N) is 3. The molecule has 3 fully saturated rings. The van der Waals surface area contributed by atoms with Gasteiger partial charge in [0.25, 0.3) is 0 Å². The summed E-state index contributed by atoms with van der Waals surface area (Å²) in [6.45, 7) is 0.583. The molecule has 224 valence electrons. The number of likely N-dealkylation sites (tertiary alicyclic amines) is 3. The molecule has 1 aromatic rings. The van der Waals surface area contributed by atoms with E-state index in [1.807, 2.05) is 0 Å². The highest BCUT2D eigenvalue weighted by Crippen LogP contribution is 2.49. The standard InChI is InChI=1S/C27H34F7N3O3/c1-16-17(7-5-8-19(16)28)21-18(24(38)37-12-6-9-20(37)26(29,30)31)15-36(13-14-40-2)23(27(32,33)34)22(21)25(39)35-10-3-4-11-35/h5,7-8,18,20-23H,3-4,6,9-15H2,1-2H3/t18-,20-,21?,22-,23-/m1/s1. The van der Waals surface area contributed by atoms with Crippen molar-refractivity contribution in [1.29, 1.82) is 0 Å². The average Bonchev–Trinajstić information content (AvgIpc) is 3.59. The maximum atomic E-state index is 14.9. The summed E-state index contributed by atoms with van der Waals surface area (Å²) in [5.41, 5.74) is -0.0103. The van der Waals surface area contributed by atoms with Crippen LogP contribution in [0.1, 0.15) is 42.7 Å². The smallest absolute Gasteiger partial charge is 0.383 e. The normalized spacial score (nSPS) is 28.4. The van der Waals surface area contributed by atoms with Crippen molar-refractivity contribution in [3.8, 4) is 0 Å². The highest BCUT2D eigenvalue weighted by molar-refractivity contribution is 5.86. The topological polar surface area (TPSA) is 53.1 Å². The molecule has 4 rings (SSSR count). The minimum absolute atomic E-state index is 0.0271. The van der Waals surface area contributed by atoms with Gasteiger partial charge in [0, 0.05) is 45.8 Å². The van der Waals surface area contributed by atoms with Crippen molar-refractivity contribution >= 4 is 11.8 Å². The van der Waals surface area contributed by atoms with Crippen LogP contribution in [0.3, 0.4) is 0 Å². The molecule has 0 aliphatic carbocycles. The Morgan fingerprint density at radius 1 is 0.975 bits per heavy atom. The van der Waals surface area contributed by atoms with Crippen LogP contribution < -0.4 is 0 Å². The summed E-state index contributed by atoms with van der Waals surface area (Å²) >= 11 is 0. The molecular weight excluding hydrogens is 547 g/mol. The molecule has 0 bridgehead atoms. The summed E-state index contributed by atoms with van der Waals surface area (Å²) in [5, 5.41) is 0. The van der Waals surface area contributed by atoms with Crippen LogP contribution in [0, 0.1) is 24.6 Å². The number of alkyl halides is 6. The number of rotatable bonds is 6. The molecular formula is C27H34F7N3O3. The van der Waals surface area contributed by atoms with Gasteiger partial charge in [0.2, 0.25) is 11.8 Å². The van der Waals surface area contributed by atoms with Gasteiger partial charge in [0.15, 0.2) is 0 Å². The number of hydrogen-bond acceptors (Lipinski definition) is 4. The third-order valence-corrected chi connectivity index (χ3v) is 8.51. The molecule has 40 heavy (non-hydrogen) atoms. The Bertz CT molecular complexity index is 1070. The average molecular weight is 582 g/mol. The summed E-state index contributed by atoms with van der Waals surface area (Å²) in [4.78, 5) is 30.9. The summed E-state index contributed by atoms with van der Waals surface area (Å²) in [6.07, 6.45) is -8.70. The fourth-order valence-corrected chi connectivity index (χ4v) is 6.65. The third-order valence-electron chi connectivity index (χ3n) is 8.51. The van der Waals surface area contributed by atoms with E-state index in [4.69, 9.17) is 4.74 Å². The van der Waals surface area contributed by atoms with Crippen LogP contribution in [-0.4, -0.2) is 97.4 Å². The first-order chi connectivity index (χ1) is 18.8. The predicted molar refractivity (Wildman–Crippen MR) is 131 cm³/mol. The number of amides is 2.